The number of rotatable bonds is 2. The van der Waals surface area contributed by atoms with E-state index in [0.29, 0.717) is 5.69 Å². The van der Waals surface area contributed by atoms with Crippen LogP contribution in [0.1, 0.15) is 15.5 Å². The summed E-state index contributed by atoms with van der Waals surface area (Å²) in [6.45, 7) is 1.87. The van der Waals surface area contributed by atoms with E-state index in [1.54, 1.807) is 11.6 Å². The number of aromatic amines is 1. The van der Waals surface area contributed by atoms with Crippen LogP contribution in [0.2, 0.25) is 0 Å². The van der Waals surface area contributed by atoms with Crippen molar-refractivity contribution < 1.29 is 4.79 Å². The van der Waals surface area contributed by atoms with Gasteiger partial charge in [0.25, 0.3) is 5.91 Å². The van der Waals surface area contributed by atoms with Crippen molar-refractivity contribution in [3.63, 3.8) is 0 Å². The number of hydrogen-bond acceptors (Lipinski definition) is 4. The third-order valence-corrected chi connectivity index (χ3v) is 3.32. The van der Waals surface area contributed by atoms with E-state index in [1.807, 2.05) is 25.1 Å². The second-order valence-corrected chi connectivity index (χ2v) is 4.94. The molecule has 3 aromatic rings. The highest BCUT2D eigenvalue weighted by atomic mass is 32.1. The molecule has 0 aliphatic carbocycles. The molecule has 0 aliphatic heterocycles. The summed E-state index contributed by atoms with van der Waals surface area (Å²) in [5, 5.41) is 13.2. The summed E-state index contributed by atoms with van der Waals surface area (Å²) in [4.78, 5) is 16.1. The third kappa shape index (κ3) is 1.98. The number of carbonyl (C=O) groups excluding carboxylic acids is 1. The summed E-state index contributed by atoms with van der Waals surface area (Å²) in [6, 6.07) is 5.58. The summed E-state index contributed by atoms with van der Waals surface area (Å²) in [5.41, 5.74) is 2.13. The van der Waals surface area contributed by atoms with Crippen LogP contribution in [0.5, 0.6) is 0 Å². The van der Waals surface area contributed by atoms with Gasteiger partial charge in [-0.25, -0.2) is 4.98 Å². The van der Waals surface area contributed by atoms with Gasteiger partial charge in [-0.1, -0.05) is 0 Å². The number of amides is 1. The predicted molar refractivity (Wildman–Crippen MR) is 70.9 cm³/mol. The smallest absolute Gasteiger partial charge is 0.275 e. The van der Waals surface area contributed by atoms with Crippen molar-refractivity contribution in [3.8, 4) is 0 Å². The van der Waals surface area contributed by atoms with Crippen molar-refractivity contribution in [2.75, 3.05) is 5.32 Å². The summed E-state index contributed by atoms with van der Waals surface area (Å²) < 4.78 is 0. The number of anilines is 1. The van der Waals surface area contributed by atoms with Crippen molar-refractivity contribution in [1.82, 2.24) is 15.2 Å². The maximum Gasteiger partial charge on any atom is 0.275 e. The van der Waals surface area contributed by atoms with Crippen LogP contribution < -0.4 is 5.32 Å². The van der Waals surface area contributed by atoms with Crippen molar-refractivity contribution in [2.24, 2.45) is 0 Å². The van der Waals surface area contributed by atoms with Gasteiger partial charge >= 0.3 is 0 Å². The van der Waals surface area contributed by atoms with Crippen molar-refractivity contribution in [1.29, 1.82) is 0 Å². The van der Waals surface area contributed by atoms with E-state index < -0.39 is 0 Å². The maximum absolute atomic E-state index is 11.9. The van der Waals surface area contributed by atoms with Crippen LogP contribution in [0.15, 0.2) is 29.8 Å². The Hall–Kier alpha value is -2.21. The van der Waals surface area contributed by atoms with Gasteiger partial charge in [0, 0.05) is 16.5 Å². The molecule has 6 heteroatoms. The lowest BCUT2D eigenvalue weighted by Crippen LogP contribution is -2.12. The highest BCUT2D eigenvalue weighted by molar-refractivity contribution is 7.09. The Bertz CT molecular complexity index is 716. The monoisotopic (exact) mass is 258 g/mol. The molecule has 0 aliphatic rings. The Balaban J connectivity index is 1.85. The minimum absolute atomic E-state index is 0.192. The first-order chi connectivity index (χ1) is 8.72. The molecule has 18 heavy (non-hydrogen) atoms. The Morgan fingerprint density at radius 3 is 3.11 bits per heavy atom. The Morgan fingerprint density at radius 2 is 2.33 bits per heavy atom. The van der Waals surface area contributed by atoms with Gasteiger partial charge in [0.15, 0.2) is 0 Å². The number of benzene rings is 1. The number of H-pyrrole nitrogens is 1. The Kier molecular flexibility index (Phi) is 2.56. The second kappa shape index (κ2) is 4.23. The SMILES string of the molecule is Cc1nc(C(=O)Nc2ccc3[nH]ncc3c2)cs1. The molecule has 2 aromatic heterocycles. The van der Waals surface area contributed by atoms with Crippen molar-refractivity contribution in [3.05, 3.63) is 40.5 Å². The predicted octanol–water partition coefficient (Wildman–Crippen LogP) is 2.58. The topological polar surface area (TPSA) is 70.7 Å². The van der Waals surface area contributed by atoms with E-state index in [2.05, 4.69) is 20.5 Å². The van der Waals surface area contributed by atoms with E-state index in [9.17, 15) is 4.79 Å². The van der Waals surface area contributed by atoms with Gasteiger partial charge in [-0.3, -0.25) is 9.89 Å². The molecule has 0 spiro atoms. The largest absolute Gasteiger partial charge is 0.321 e. The summed E-state index contributed by atoms with van der Waals surface area (Å²) in [5.74, 6) is -0.192. The third-order valence-electron chi connectivity index (χ3n) is 2.55. The zero-order valence-corrected chi connectivity index (χ0v) is 10.4. The average Bonchev–Trinajstić information content (AvgIpc) is 2.96. The number of fused-ring (bicyclic) bond motifs is 1. The first-order valence-electron chi connectivity index (χ1n) is 5.39. The maximum atomic E-state index is 11.9. The molecular weight excluding hydrogens is 248 g/mol. The zero-order valence-electron chi connectivity index (χ0n) is 9.60. The highest BCUT2D eigenvalue weighted by Gasteiger charge is 2.09. The Labute approximate surface area is 107 Å². The second-order valence-electron chi connectivity index (χ2n) is 3.88. The lowest BCUT2D eigenvalue weighted by molar-refractivity contribution is 0.102. The molecular formula is C12H10N4OS. The Morgan fingerprint density at radius 1 is 1.44 bits per heavy atom. The van der Waals surface area contributed by atoms with Gasteiger partial charge in [-0.15, -0.1) is 11.3 Å². The number of nitrogens with zero attached hydrogens (tertiary/aromatic N) is 2. The number of hydrogen-bond donors (Lipinski definition) is 2. The van der Waals surface area contributed by atoms with Gasteiger partial charge in [0.1, 0.15) is 5.69 Å². The number of aryl methyl sites for hydroxylation is 1. The van der Waals surface area contributed by atoms with Gasteiger partial charge in [-0.05, 0) is 25.1 Å². The van der Waals surface area contributed by atoms with E-state index in [-0.39, 0.29) is 5.91 Å². The van der Waals surface area contributed by atoms with Crippen LogP contribution in [0.4, 0.5) is 5.69 Å². The standard InChI is InChI=1S/C12H10N4OS/c1-7-14-11(6-18-7)12(17)15-9-2-3-10-8(4-9)5-13-16-10/h2-6H,1H3,(H,13,16)(H,15,17). The zero-order chi connectivity index (χ0) is 12.5. The first-order valence-corrected chi connectivity index (χ1v) is 6.27. The fourth-order valence-corrected chi connectivity index (χ4v) is 2.28. The molecule has 0 fully saturated rings. The molecule has 0 unspecified atom stereocenters. The molecule has 2 heterocycles. The highest BCUT2D eigenvalue weighted by Crippen LogP contribution is 2.17. The average molecular weight is 258 g/mol. The van der Waals surface area contributed by atoms with Crippen LogP contribution in [0, 0.1) is 6.92 Å². The van der Waals surface area contributed by atoms with Crippen LogP contribution in [0.3, 0.4) is 0 Å². The molecule has 0 radical (unpaired) electrons. The molecule has 1 amide bonds. The molecule has 2 N–H and O–H groups in total. The summed E-state index contributed by atoms with van der Waals surface area (Å²) in [6.07, 6.45) is 1.72. The molecule has 90 valence electrons. The number of nitrogens with one attached hydrogen (secondary N) is 2. The number of carbonyl (C=O) groups is 1. The van der Waals surface area contributed by atoms with Crippen LogP contribution in [0.25, 0.3) is 10.9 Å². The van der Waals surface area contributed by atoms with Crippen molar-refractivity contribution in [2.45, 2.75) is 6.92 Å². The van der Waals surface area contributed by atoms with E-state index in [1.165, 1.54) is 11.3 Å². The molecule has 0 bridgehead atoms. The fourth-order valence-electron chi connectivity index (χ4n) is 1.68. The van der Waals surface area contributed by atoms with Crippen molar-refractivity contribution >= 4 is 33.8 Å². The minimum atomic E-state index is -0.192. The summed E-state index contributed by atoms with van der Waals surface area (Å²) >= 11 is 1.46. The summed E-state index contributed by atoms with van der Waals surface area (Å²) in [7, 11) is 0. The van der Waals surface area contributed by atoms with Gasteiger partial charge in [0.05, 0.1) is 16.7 Å². The molecule has 1 aromatic carbocycles. The van der Waals surface area contributed by atoms with Gasteiger partial charge in [-0.2, -0.15) is 5.10 Å². The lowest BCUT2D eigenvalue weighted by atomic mass is 10.2. The van der Waals surface area contributed by atoms with E-state index in [0.717, 1.165) is 21.6 Å². The van der Waals surface area contributed by atoms with Crippen LogP contribution >= 0.6 is 11.3 Å². The fraction of sp³-hybridized carbons (Fsp3) is 0.0833. The van der Waals surface area contributed by atoms with Crippen LogP contribution in [-0.2, 0) is 0 Å². The minimum Gasteiger partial charge on any atom is -0.321 e. The number of thiazole rings is 1. The molecule has 0 saturated heterocycles. The molecule has 0 saturated carbocycles. The molecule has 5 nitrogen and oxygen atoms in total. The quantitative estimate of drug-likeness (QED) is 0.742. The lowest BCUT2D eigenvalue weighted by Gasteiger charge is -2.02. The molecule has 3 rings (SSSR count). The molecule has 0 atom stereocenters. The van der Waals surface area contributed by atoms with E-state index in [4.69, 9.17) is 0 Å². The van der Waals surface area contributed by atoms with E-state index >= 15 is 0 Å². The van der Waals surface area contributed by atoms with Gasteiger partial charge < -0.3 is 5.32 Å². The number of aromatic nitrogens is 3. The first kappa shape index (κ1) is 10.9. The van der Waals surface area contributed by atoms with Crippen LogP contribution in [-0.4, -0.2) is 21.1 Å². The normalized spacial score (nSPS) is 10.7. The van der Waals surface area contributed by atoms with Gasteiger partial charge in [0.2, 0.25) is 0 Å².